The van der Waals surface area contributed by atoms with Crippen molar-refractivity contribution in [3.05, 3.63) is 83.9 Å². The summed E-state index contributed by atoms with van der Waals surface area (Å²) in [5.74, 6) is -0.956. The quantitative estimate of drug-likeness (QED) is 0.533. The van der Waals surface area contributed by atoms with Crippen molar-refractivity contribution in [1.29, 1.82) is 0 Å². The van der Waals surface area contributed by atoms with Crippen LogP contribution in [0.4, 0.5) is 0 Å². The van der Waals surface area contributed by atoms with Crippen LogP contribution in [0, 0.1) is 0 Å². The third-order valence-electron chi connectivity index (χ3n) is 4.89. The zero-order valence-electron chi connectivity index (χ0n) is 16.1. The fourth-order valence-electron chi connectivity index (χ4n) is 3.43. The second-order valence-electron chi connectivity index (χ2n) is 6.79. The largest absolute Gasteiger partial charge is 0.469 e. The zero-order chi connectivity index (χ0) is 19.9. The molecule has 0 fully saturated rings. The Labute approximate surface area is 165 Å². The molecule has 144 valence electrons. The molecular formula is C24H24O4. The van der Waals surface area contributed by atoms with E-state index >= 15 is 0 Å². The lowest BCUT2D eigenvalue weighted by molar-refractivity contribution is -0.149. The molecular weight excluding hydrogens is 352 g/mol. The van der Waals surface area contributed by atoms with Gasteiger partial charge in [0.1, 0.15) is 6.10 Å². The maximum absolute atomic E-state index is 12.6. The Hall–Kier alpha value is -3.14. The normalized spacial score (nSPS) is 12.9. The van der Waals surface area contributed by atoms with E-state index in [1.165, 1.54) is 7.11 Å². The van der Waals surface area contributed by atoms with E-state index in [0.717, 1.165) is 21.9 Å². The van der Waals surface area contributed by atoms with Gasteiger partial charge in [-0.3, -0.25) is 9.59 Å². The molecule has 0 heterocycles. The van der Waals surface area contributed by atoms with Crippen molar-refractivity contribution >= 4 is 22.7 Å². The van der Waals surface area contributed by atoms with Crippen LogP contribution >= 0.6 is 0 Å². The average molecular weight is 376 g/mol. The molecule has 0 aromatic heterocycles. The van der Waals surface area contributed by atoms with E-state index in [0.29, 0.717) is 0 Å². The molecule has 0 bridgehead atoms. The van der Waals surface area contributed by atoms with Crippen molar-refractivity contribution < 1.29 is 19.1 Å². The summed E-state index contributed by atoms with van der Waals surface area (Å²) in [6.07, 6.45) is -0.125. The number of hydrogen-bond donors (Lipinski definition) is 0. The second-order valence-corrected chi connectivity index (χ2v) is 6.79. The second kappa shape index (κ2) is 9.18. The van der Waals surface area contributed by atoms with E-state index < -0.39 is 0 Å². The number of methoxy groups -OCH3 is 1. The van der Waals surface area contributed by atoms with Gasteiger partial charge in [-0.05, 0) is 28.8 Å². The summed E-state index contributed by atoms with van der Waals surface area (Å²) in [7, 11) is 1.35. The fourth-order valence-corrected chi connectivity index (χ4v) is 3.43. The summed E-state index contributed by atoms with van der Waals surface area (Å²) in [6.45, 7) is 1.87. The van der Waals surface area contributed by atoms with Gasteiger partial charge in [0.25, 0.3) is 0 Å². The predicted molar refractivity (Wildman–Crippen MR) is 109 cm³/mol. The monoisotopic (exact) mass is 376 g/mol. The van der Waals surface area contributed by atoms with E-state index in [1.807, 2.05) is 79.7 Å². The maximum Gasteiger partial charge on any atom is 0.307 e. The molecule has 2 atom stereocenters. The summed E-state index contributed by atoms with van der Waals surface area (Å²) in [5, 5.41) is 2.18. The van der Waals surface area contributed by atoms with E-state index in [2.05, 4.69) is 0 Å². The topological polar surface area (TPSA) is 52.6 Å². The molecule has 0 spiro atoms. The first-order chi connectivity index (χ1) is 13.6. The Kier molecular flexibility index (Phi) is 6.43. The summed E-state index contributed by atoms with van der Waals surface area (Å²) in [6, 6.07) is 23.5. The van der Waals surface area contributed by atoms with Crippen LogP contribution in [0.15, 0.2) is 72.8 Å². The highest BCUT2D eigenvalue weighted by Gasteiger charge is 2.22. The third-order valence-corrected chi connectivity index (χ3v) is 4.89. The average Bonchev–Trinajstić information content (AvgIpc) is 2.73. The van der Waals surface area contributed by atoms with Crippen molar-refractivity contribution in [3.8, 4) is 0 Å². The number of hydrogen-bond acceptors (Lipinski definition) is 4. The first kappa shape index (κ1) is 19.6. The van der Waals surface area contributed by atoms with Crippen molar-refractivity contribution in [3.63, 3.8) is 0 Å². The molecule has 0 radical (unpaired) electrons. The van der Waals surface area contributed by atoms with Crippen LogP contribution in [0.1, 0.15) is 42.9 Å². The third kappa shape index (κ3) is 4.77. The van der Waals surface area contributed by atoms with Crippen LogP contribution in [-0.4, -0.2) is 19.0 Å². The van der Waals surface area contributed by atoms with Gasteiger partial charge < -0.3 is 9.47 Å². The number of fused-ring (bicyclic) bond motifs is 1. The molecule has 0 aliphatic rings. The van der Waals surface area contributed by atoms with Crippen LogP contribution in [-0.2, 0) is 19.1 Å². The molecule has 0 amide bonds. The lowest BCUT2D eigenvalue weighted by atomic mass is 9.92. The highest BCUT2D eigenvalue weighted by Crippen LogP contribution is 2.29. The SMILES string of the molecule is COC(=O)C[C@H](CC(=O)O[C@@H](C)c1cccc2ccccc12)c1ccccc1. The Bertz CT molecular complexity index is 944. The summed E-state index contributed by atoms with van der Waals surface area (Å²) < 4.78 is 10.5. The smallest absolute Gasteiger partial charge is 0.307 e. The molecule has 28 heavy (non-hydrogen) atoms. The van der Waals surface area contributed by atoms with Crippen LogP contribution in [0.2, 0.25) is 0 Å². The molecule has 0 N–H and O–H groups in total. The van der Waals surface area contributed by atoms with Crippen molar-refractivity contribution in [1.82, 2.24) is 0 Å². The van der Waals surface area contributed by atoms with Crippen molar-refractivity contribution in [2.75, 3.05) is 7.11 Å². The van der Waals surface area contributed by atoms with Gasteiger partial charge in [0.05, 0.1) is 20.0 Å². The van der Waals surface area contributed by atoms with Gasteiger partial charge in [0.2, 0.25) is 0 Å². The molecule has 0 saturated carbocycles. The number of carbonyl (C=O) groups is 2. The number of rotatable bonds is 7. The molecule has 3 rings (SSSR count). The minimum Gasteiger partial charge on any atom is -0.469 e. The number of ether oxygens (including phenoxy) is 2. The fraction of sp³-hybridized carbons (Fsp3) is 0.250. The minimum atomic E-state index is -0.381. The van der Waals surface area contributed by atoms with Gasteiger partial charge in [0, 0.05) is 5.92 Å². The van der Waals surface area contributed by atoms with Gasteiger partial charge >= 0.3 is 11.9 Å². The molecule has 0 unspecified atom stereocenters. The highest BCUT2D eigenvalue weighted by molar-refractivity contribution is 5.86. The van der Waals surface area contributed by atoms with E-state index in [9.17, 15) is 9.59 Å². The molecule has 3 aromatic rings. The molecule has 4 heteroatoms. The van der Waals surface area contributed by atoms with Gasteiger partial charge in [-0.15, -0.1) is 0 Å². The number of esters is 2. The molecule has 4 nitrogen and oxygen atoms in total. The Morgan fingerprint density at radius 2 is 1.46 bits per heavy atom. The van der Waals surface area contributed by atoms with Crippen LogP contribution in [0.5, 0.6) is 0 Å². The summed E-state index contributed by atoms with van der Waals surface area (Å²) in [4.78, 5) is 24.4. The first-order valence-electron chi connectivity index (χ1n) is 9.37. The summed E-state index contributed by atoms with van der Waals surface area (Å²) in [5.41, 5.74) is 1.89. The van der Waals surface area contributed by atoms with Gasteiger partial charge in [-0.2, -0.15) is 0 Å². The Morgan fingerprint density at radius 1 is 0.821 bits per heavy atom. The van der Waals surface area contributed by atoms with Crippen LogP contribution in [0.3, 0.4) is 0 Å². The number of carbonyl (C=O) groups excluding carboxylic acids is 2. The Morgan fingerprint density at radius 3 is 2.21 bits per heavy atom. The van der Waals surface area contributed by atoms with Gasteiger partial charge in [-0.25, -0.2) is 0 Å². The molecule has 3 aromatic carbocycles. The zero-order valence-corrected chi connectivity index (χ0v) is 16.1. The summed E-state index contributed by atoms with van der Waals surface area (Å²) >= 11 is 0. The van der Waals surface area contributed by atoms with Crippen LogP contribution < -0.4 is 0 Å². The van der Waals surface area contributed by atoms with E-state index in [4.69, 9.17) is 9.47 Å². The molecule has 0 aliphatic carbocycles. The molecule has 0 saturated heterocycles. The van der Waals surface area contributed by atoms with Crippen molar-refractivity contribution in [2.24, 2.45) is 0 Å². The molecule has 0 aliphatic heterocycles. The maximum atomic E-state index is 12.6. The van der Waals surface area contributed by atoms with Crippen LogP contribution in [0.25, 0.3) is 10.8 Å². The van der Waals surface area contributed by atoms with Gasteiger partial charge in [0.15, 0.2) is 0 Å². The standard InChI is InChI=1S/C24H24O4/c1-17(21-14-8-12-19-11-6-7-13-22(19)21)28-24(26)16-20(15-23(25)27-2)18-9-4-3-5-10-18/h3-14,17,20H,15-16H2,1-2H3/t17-,20+/m0/s1. The Balaban J connectivity index is 1.74. The van der Waals surface area contributed by atoms with Crippen molar-refractivity contribution in [2.45, 2.75) is 31.8 Å². The minimum absolute atomic E-state index is 0.119. The highest BCUT2D eigenvalue weighted by atomic mass is 16.5. The first-order valence-corrected chi connectivity index (χ1v) is 9.37. The van der Waals surface area contributed by atoms with Gasteiger partial charge in [-0.1, -0.05) is 72.8 Å². The van der Waals surface area contributed by atoms with E-state index in [-0.39, 0.29) is 36.8 Å². The lowest BCUT2D eigenvalue weighted by Crippen LogP contribution is -2.16. The van der Waals surface area contributed by atoms with E-state index in [1.54, 1.807) is 0 Å². The lowest BCUT2D eigenvalue weighted by Gasteiger charge is -2.19. The number of benzene rings is 3. The predicted octanol–water partition coefficient (Wildman–Crippen LogP) is 5.18.